The Bertz CT molecular complexity index is 486. The lowest BCUT2D eigenvalue weighted by Gasteiger charge is -2.12. The molecule has 0 radical (unpaired) electrons. The molecule has 3 N–H and O–H groups in total. The van der Waals surface area contributed by atoms with Crippen molar-refractivity contribution in [1.82, 2.24) is 15.4 Å². The van der Waals surface area contributed by atoms with E-state index in [2.05, 4.69) is 31.3 Å². The molecule has 90 valence electrons. The third kappa shape index (κ3) is 2.83. The lowest BCUT2D eigenvalue weighted by atomic mass is 10.0. The fourth-order valence-electron chi connectivity index (χ4n) is 1.64. The molecule has 17 heavy (non-hydrogen) atoms. The number of aromatic amines is 1. The van der Waals surface area contributed by atoms with Crippen LogP contribution in [0.3, 0.4) is 0 Å². The van der Waals surface area contributed by atoms with Crippen LogP contribution in [0.1, 0.15) is 17.3 Å². The van der Waals surface area contributed by atoms with E-state index in [1.54, 1.807) is 13.3 Å². The zero-order valence-corrected chi connectivity index (χ0v) is 10.9. The monoisotopic (exact) mass is 296 g/mol. The average Bonchev–Trinajstić information content (AvgIpc) is 2.83. The van der Waals surface area contributed by atoms with Crippen LogP contribution < -0.4 is 10.5 Å². The second-order valence-corrected chi connectivity index (χ2v) is 4.58. The summed E-state index contributed by atoms with van der Waals surface area (Å²) in [5.74, 6) is 0.826. The van der Waals surface area contributed by atoms with Gasteiger partial charge in [0.25, 0.3) is 0 Å². The number of rotatable bonds is 4. The second kappa shape index (κ2) is 5.29. The number of hydrogen-bond donors (Lipinski definition) is 2. The van der Waals surface area contributed by atoms with E-state index in [4.69, 9.17) is 10.5 Å². The van der Waals surface area contributed by atoms with Crippen molar-refractivity contribution in [2.75, 3.05) is 7.11 Å². The van der Waals surface area contributed by atoms with Crippen molar-refractivity contribution in [2.45, 2.75) is 12.5 Å². The fraction of sp³-hybridized carbons (Fsp3) is 0.273. The van der Waals surface area contributed by atoms with E-state index in [1.807, 2.05) is 18.2 Å². The van der Waals surface area contributed by atoms with Gasteiger partial charge in [0.2, 0.25) is 0 Å². The summed E-state index contributed by atoms with van der Waals surface area (Å²) in [6.07, 6.45) is 2.28. The zero-order valence-electron chi connectivity index (χ0n) is 9.35. The highest BCUT2D eigenvalue weighted by molar-refractivity contribution is 9.10. The van der Waals surface area contributed by atoms with Crippen molar-refractivity contribution >= 4 is 15.9 Å². The number of ether oxygens (including phenoxy) is 1. The van der Waals surface area contributed by atoms with Crippen LogP contribution in [-0.2, 0) is 6.42 Å². The first-order valence-electron chi connectivity index (χ1n) is 5.14. The molecule has 6 heteroatoms. The van der Waals surface area contributed by atoms with Crippen LogP contribution in [0.5, 0.6) is 5.75 Å². The van der Waals surface area contributed by atoms with Crippen molar-refractivity contribution in [3.05, 3.63) is 40.1 Å². The molecule has 2 rings (SSSR count). The predicted octanol–water partition coefficient (Wildman–Crippen LogP) is 1.82. The molecule has 0 bridgehead atoms. The summed E-state index contributed by atoms with van der Waals surface area (Å²) >= 11 is 3.43. The number of halogens is 1. The molecule has 1 atom stereocenters. The number of nitrogens with one attached hydrogen (secondary N) is 1. The SMILES string of the molecule is COc1ccc(Br)cc1CC(N)c1cn[nH]n1. The van der Waals surface area contributed by atoms with Gasteiger partial charge in [-0.05, 0) is 30.2 Å². The minimum Gasteiger partial charge on any atom is -0.496 e. The molecule has 0 fully saturated rings. The van der Waals surface area contributed by atoms with Crippen LogP contribution in [0.15, 0.2) is 28.9 Å². The van der Waals surface area contributed by atoms with E-state index in [1.165, 1.54) is 0 Å². The molecule has 1 aromatic heterocycles. The quantitative estimate of drug-likeness (QED) is 0.902. The number of aromatic nitrogens is 3. The molecule has 0 saturated heterocycles. The molecule has 0 aliphatic carbocycles. The highest BCUT2D eigenvalue weighted by atomic mass is 79.9. The largest absolute Gasteiger partial charge is 0.496 e. The third-order valence-electron chi connectivity index (χ3n) is 2.50. The summed E-state index contributed by atoms with van der Waals surface area (Å²) in [6, 6.07) is 5.65. The molecular weight excluding hydrogens is 284 g/mol. The Morgan fingerprint density at radius 3 is 3.00 bits per heavy atom. The molecule has 5 nitrogen and oxygen atoms in total. The second-order valence-electron chi connectivity index (χ2n) is 3.66. The number of nitrogens with two attached hydrogens (primary N) is 1. The maximum Gasteiger partial charge on any atom is 0.122 e. The van der Waals surface area contributed by atoms with Crippen molar-refractivity contribution in [1.29, 1.82) is 0 Å². The Hall–Kier alpha value is -1.40. The number of nitrogens with zero attached hydrogens (tertiary/aromatic N) is 2. The van der Waals surface area contributed by atoms with Gasteiger partial charge in [-0.3, -0.25) is 0 Å². The van der Waals surface area contributed by atoms with Crippen LogP contribution in [0.25, 0.3) is 0 Å². The van der Waals surface area contributed by atoms with Gasteiger partial charge >= 0.3 is 0 Å². The molecule has 1 aromatic carbocycles. The Labute approximate surface area is 107 Å². The van der Waals surface area contributed by atoms with E-state index in [0.717, 1.165) is 21.5 Å². The number of H-pyrrole nitrogens is 1. The van der Waals surface area contributed by atoms with Crippen LogP contribution >= 0.6 is 15.9 Å². The first-order chi connectivity index (χ1) is 8.20. The Morgan fingerprint density at radius 2 is 2.35 bits per heavy atom. The van der Waals surface area contributed by atoms with E-state index in [9.17, 15) is 0 Å². The molecule has 0 amide bonds. The molecule has 0 aliphatic heterocycles. The molecule has 0 saturated carbocycles. The molecular formula is C11H13BrN4O. The highest BCUT2D eigenvalue weighted by Crippen LogP contribution is 2.26. The zero-order chi connectivity index (χ0) is 12.3. The van der Waals surface area contributed by atoms with Crippen molar-refractivity contribution in [3.63, 3.8) is 0 Å². The summed E-state index contributed by atoms with van der Waals surface area (Å²) in [7, 11) is 1.65. The predicted molar refractivity (Wildman–Crippen MR) is 67.7 cm³/mol. The summed E-state index contributed by atoms with van der Waals surface area (Å²) in [4.78, 5) is 0. The van der Waals surface area contributed by atoms with Gasteiger partial charge in [0.1, 0.15) is 5.75 Å². The van der Waals surface area contributed by atoms with E-state index >= 15 is 0 Å². The topological polar surface area (TPSA) is 76.8 Å². The molecule has 1 unspecified atom stereocenters. The minimum atomic E-state index is -0.197. The van der Waals surface area contributed by atoms with E-state index in [-0.39, 0.29) is 6.04 Å². The Kier molecular flexibility index (Phi) is 3.75. The lowest BCUT2D eigenvalue weighted by molar-refractivity contribution is 0.408. The van der Waals surface area contributed by atoms with E-state index in [0.29, 0.717) is 6.42 Å². The number of hydrogen-bond acceptors (Lipinski definition) is 4. The summed E-state index contributed by atoms with van der Waals surface area (Å²) in [5.41, 5.74) is 7.83. The van der Waals surface area contributed by atoms with Crippen molar-refractivity contribution < 1.29 is 4.74 Å². The fourth-order valence-corrected chi connectivity index (χ4v) is 2.05. The van der Waals surface area contributed by atoms with Gasteiger partial charge in [-0.2, -0.15) is 15.4 Å². The maximum atomic E-state index is 6.05. The lowest BCUT2D eigenvalue weighted by Crippen LogP contribution is -2.14. The van der Waals surface area contributed by atoms with Gasteiger partial charge in [-0.25, -0.2) is 0 Å². The van der Waals surface area contributed by atoms with Gasteiger partial charge in [0.05, 0.1) is 25.0 Å². The third-order valence-corrected chi connectivity index (χ3v) is 2.99. The summed E-state index contributed by atoms with van der Waals surface area (Å²) in [6.45, 7) is 0. The average molecular weight is 297 g/mol. The van der Waals surface area contributed by atoms with Crippen LogP contribution in [-0.4, -0.2) is 22.5 Å². The van der Waals surface area contributed by atoms with Gasteiger partial charge in [-0.1, -0.05) is 15.9 Å². The van der Waals surface area contributed by atoms with Crippen LogP contribution in [0, 0.1) is 0 Å². The van der Waals surface area contributed by atoms with Gasteiger partial charge in [0.15, 0.2) is 0 Å². The molecule has 1 heterocycles. The van der Waals surface area contributed by atoms with Crippen molar-refractivity contribution in [3.8, 4) is 5.75 Å². The first kappa shape index (κ1) is 12.1. The van der Waals surface area contributed by atoms with Gasteiger partial charge in [0, 0.05) is 4.47 Å². The smallest absolute Gasteiger partial charge is 0.122 e. The van der Waals surface area contributed by atoms with E-state index < -0.39 is 0 Å². The first-order valence-corrected chi connectivity index (χ1v) is 5.93. The summed E-state index contributed by atoms with van der Waals surface area (Å²) in [5, 5.41) is 10.3. The Balaban J connectivity index is 2.20. The highest BCUT2D eigenvalue weighted by Gasteiger charge is 2.13. The van der Waals surface area contributed by atoms with Crippen LogP contribution in [0.2, 0.25) is 0 Å². The number of benzene rings is 1. The molecule has 0 aliphatic rings. The minimum absolute atomic E-state index is 0.197. The van der Waals surface area contributed by atoms with Gasteiger partial charge < -0.3 is 10.5 Å². The van der Waals surface area contributed by atoms with Gasteiger partial charge in [-0.15, -0.1) is 0 Å². The Morgan fingerprint density at radius 1 is 1.53 bits per heavy atom. The molecule has 2 aromatic rings. The maximum absolute atomic E-state index is 6.05. The standard InChI is InChI=1S/C11H13BrN4O/c1-17-11-3-2-8(12)4-7(11)5-9(13)10-6-14-16-15-10/h2-4,6,9H,5,13H2,1H3,(H,14,15,16). The van der Waals surface area contributed by atoms with Crippen molar-refractivity contribution in [2.24, 2.45) is 5.73 Å². The van der Waals surface area contributed by atoms with Crippen LogP contribution in [0.4, 0.5) is 0 Å². The summed E-state index contributed by atoms with van der Waals surface area (Å²) < 4.78 is 6.30. The number of methoxy groups -OCH3 is 1. The normalized spacial score (nSPS) is 12.4. The molecule has 0 spiro atoms.